The SMILES string of the molecule is CCCN(CC(F)(F)F)c1ccc(C(C)=O)c([N+](=O)[O-])c1. The average Bonchev–Trinajstić information content (AvgIpc) is 2.35. The number of carbonyl (C=O) groups excluding carboxylic acids is 1. The molecule has 1 rings (SSSR count). The van der Waals surface area contributed by atoms with Crippen molar-refractivity contribution >= 4 is 17.2 Å². The number of carbonyl (C=O) groups is 1. The van der Waals surface area contributed by atoms with Crippen LogP contribution in [0.2, 0.25) is 0 Å². The molecular formula is C13H15F3N2O3. The van der Waals surface area contributed by atoms with E-state index in [1.165, 1.54) is 19.1 Å². The zero-order valence-corrected chi connectivity index (χ0v) is 11.6. The van der Waals surface area contributed by atoms with Crippen molar-refractivity contribution in [2.75, 3.05) is 18.0 Å². The standard InChI is InChI=1S/C13H15F3N2O3/c1-3-6-17(8-13(14,15)16)10-4-5-11(9(2)19)12(7-10)18(20)21/h4-5,7H,3,6,8H2,1-2H3. The van der Waals surface area contributed by atoms with Crippen LogP contribution in [0.1, 0.15) is 30.6 Å². The van der Waals surface area contributed by atoms with Crippen molar-refractivity contribution in [2.24, 2.45) is 0 Å². The number of benzene rings is 1. The van der Waals surface area contributed by atoms with E-state index in [9.17, 15) is 28.1 Å². The van der Waals surface area contributed by atoms with Crippen LogP contribution in [0, 0.1) is 10.1 Å². The average molecular weight is 304 g/mol. The van der Waals surface area contributed by atoms with Crippen molar-refractivity contribution in [2.45, 2.75) is 26.4 Å². The largest absolute Gasteiger partial charge is 0.405 e. The highest BCUT2D eigenvalue weighted by molar-refractivity contribution is 5.98. The van der Waals surface area contributed by atoms with E-state index in [0.717, 1.165) is 11.0 Å². The molecule has 21 heavy (non-hydrogen) atoms. The Labute approximate surface area is 119 Å². The second kappa shape index (κ2) is 6.55. The molecule has 0 aromatic heterocycles. The molecule has 0 fully saturated rings. The first-order valence-corrected chi connectivity index (χ1v) is 6.26. The number of Topliss-reactive ketones (excluding diaryl/α,β-unsaturated/α-hetero) is 1. The van der Waals surface area contributed by atoms with Gasteiger partial charge in [0.1, 0.15) is 6.54 Å². The molecule has 0 unspecified atom stereocenters. The second-order valence-electron chi connectivity index (χ2n) is 4.55. The molecule has 0 saturated carbocycles. The Morgan fingerprint density at radius 2 is 2.00 bits per heavy atom. The van der Waals surface area contributed by atoms with E-state index in [2.05, 4.69) is 0 Å². The predicted molar refractivity (Wildman–Crippen MR) is 71.7 cm³/mol. The highest BCUT2D eigenvalue weighted by Gasteiger charge is 2.31. The lowest BCUT2D eigenvalue weighted by Gasteiger charge is -2.25. The number of nitrogens with zero attached hydrogens (tertiary/aromatic N) is 2. The van der Waals surface area contributed by atoms with Gasteiger partial charge in [0, 0.05) is 18.3 Å². The maximum absolute atomic E-state index is 12.6. The van der Waals surface area contributed by atoms with Crippen LogP contribution in [0.4, 0.5) is 24.5 Å². The maximum atomic E-state index is 12.6. The van der Waals surface area contributed by atoms with Crippen LogP contribution in [0.3, 0.4) is 0 Å². The van der Waals surface area contributed by atoms with Gasteiger partial charge in [-0.15, -0.1) is 0 Å². The summed E-state index contributed by atoms with van der Waals surface area (Å²) < 4.78 is 37.7. The Balaban J connectivity index is 3.24. The number of anilines is 1. The minimum Gasteiger partial charge on any atom is -0.362 e. The minimum absolute atomic E-state index is 0.0749. The molecule has 0 amide bonds. The van der Waals surface area contributed by atoms with E-state index < -0.39 is 29.1 Å². The van der Waals surface area contributed by atoms with Crippen LogP contribution in [0.15, 0.2) is 18.2 Å². The number of rotatable bonds is 6. The third-order valence-electron chi connectivity index (χ3n) is 2.79. The Kier molecular flexibility index (Phi) is 5.28. The first kappa shape index (κ1) is 16.9. The van der Waals surface area contributed by atoms with Gasteiger partial charge < -0.3 is 4.90 Å². The molecule has 0 aliphatic rings. The molecule has 116 valence electrons. The number of hydrogen-bond acceptors (Lipinski definition) is 4. The molecule has 1 aromatic carbocycles. The van der Waals surface area contributed by atoms with Gasteiger partial charge in [-0.25, -0.2) is 0 Å². The van der Waals surface area contributed by atoms with Crippen molar-refractivity contribution in [1.82, 2.24) is 0 Å². The van der Waals surface area contributed by atoms with Crippen LogP contribution in [0.5, 0.6) is 0 Å². The lowest BCUT2D eigenvalue weighted by molar-refractivity contribution is -0.385. The van der Waals surface area contributed by atoms with Gasteiger partial charge in [0.05, 0.1) is 10.5 Å². The molecule has 0 atom stereocenters. The van der Waals surface area contributed by atoms with Crippen LogP contribution in [-0.4, -0.2) is 30.0 Å². The highest BCUT2D eigenvalue weighted by Crippen LogP contribution is 2.28. The van der Waals surface area contributed by atoms with E-state index in [1.807, 2.05) is 0 Å². The molecule has 0 bridgehead atoms. The molecular weight excluding hydrogens is 289 g/mol. The summed E-state index contributed by atoms with van der Waals surface area (Å²) in [6.07, 6.45) is -3.96. The zero-order valence-electron chi connectivity index (χ0n) is 11.6. The molecule has 1 aromatic rings. The molecule has 0 aliphatic heterocycles. The third-order valence-corrected chi connectivity index (χ3v) is 2.79. The lowest BCUT2D eigenvalue weighted by Crippen LogP contribution is -2.34. The molecule has 0 aliphatic carbocycles. The van der Waals surface area contributed by atoms with Gasteiger partial charge in [0.2, 0.25) is 0 Å². The number of halogens is 3. The molecule has 0 radical (unpaired) electrons. The fourth-order valence-corrected chi connectivity index (χ4v) is 1.95. The van der Waals surface area contributed by atoms with Gasteiger partial charge in [0.15, 0.2) is 5.78 Å². The third kappa shape index (κ3) is 4.73. The molecule has 8 heteroatoms. The van der Waals surface area contributed by atoms with E-state index in [0.29, 0.717) is 6.42 Å². The van der Waals surface area contributed by atoms with E-state index in [1.54, 1.807) is 6.92 Å². The molecule has 0 spiro atoms. The number of ketones is 1. The fourth-order valence-electron chi connectivity index (χ4n) is 1.95. The second-order valence-corrected chi connectivity index (χ2v) is 4.55. The Morgan fingerprint density at radius 3 is 2.43 bits per heavy atom. The summed E-state index contributed by atoms with van der Waals surface area (Å²) in [4.78, 5) is 22.5. The van der Waals surface area contributed by atoms with Crippen molar-refractivity contribution in [3.05, 3.63) is 33.9 Å². The first-order chi connectivity index (χ1) is 9.65. The van der Waals surface area contributed by atoms with Crippen molar-refractivity contribution in [1.29, 1.82) is 0 Å². The summed E-state index contributed by atoms with van der Waals surface area (Å²) in [6.45, 7) is 1.79. The lowest BCUT2D eigenvalue weighted by atomic mass is 10.1. The Morgan fingerprint density at radius 1 is 1.38 bits per heavy atom. The van der Waals surface area contributed by atoms with Crippen LogP contribution >= 0.6 is 0 Å². The normalized spacial score (nSPS) is 11.3. The number of nitro groups is 1. The summed E-state index contributed by atoms with van der Waals surface area (Å²) in [5, 5.41) is 11.0. The molecule has 5 nitrogen and oxygen atoms in total. The topological polar surface area (TPSA) is 63.5 Å². The van der Waals surface area contributed by atoms with Crippen molar-refractivity contribution < 1.29 is 22.9 Å². The summed E-state index contributed by atoms with van der Waals surface area (Å²) in [5.74, 6) is -0.508. The van der Waals surface area contributed by atoms with E-state index >= 15 is 0 Å². The summed E-state index contributed by atoms with van der Waals surface area (Å²) in [5.41, 5.74) is -0.527. The van der Waals surface area contributed by atoms with Gasteiger partial charge in [-0.3, -0.25) is 14.9 Å². The summed E-state index contributed by atoms with van der Waals surface area (Å²) in [7, 11) is 0. The van der Waals surface area contributed by atoms with Gasteiger partial charge in [-0.2, -0.15) is 13.2 Å². The van der Waals surface area contributed by atoms with Gasteiger partial charge in [0.25, 0.3) is 5.69 Å². The van der Waals surface area contributed by atoms with Crippen LogP contribution < -0.4 is 4.90 Å². The quantitative estimate of drug-likeness (QED) is 0.458. The Hall–Kier alpha value is -2.12. The summed E-state index contributed by atoms with van der Waals surface area (Å²) >= 11 is 0. The number of nitro benzene ring substituents is 1. The minimum atomic E-state index is -4.41. The number of alkyl halides is 3. The zero-order chi connectivity index (χ0) is 16.2. The van der Waals surface area contributed by atoms with Crippen molar-refractivity contribution in [3.8, 4) is 0 Å². The van der Waals surface area contributed by atoms with Gasteiger partial charge in [-0.1, -0.05) is 6.92 Å². The summed E-state index contributed by atoms with van der Waals surface area (Å²) in [6, 6.07) is 3.50. The first-order valence-electron chi connectivity index (χ1n) is 6.26. The molecule has 0 saturated heterocycles. The van der Waals surface area contributed by atoms with Crippen molar-refractivity contribution in [3.63, 3.8) is 0 Å². The molecule has 0 heterocycles. The predicted octanol–water partition coefficient (Wildman–Crippen LogP) is 3.58. The van der Waals surface area contributed by atoms with Gasteiger partial charge >= 0.3 is 6.18 Å². The molecule has 0 N–H and O–H groups in total. The van der Waals surface area contributed by atoms with Crippen LogP contribution in [0.25, 0.3) is 0 Å². The monoisotopic (exact) mass is 304 g/mol. The maximum Gasteiger partial charge on any atom is 0.405 e. The fraction of sp³-hybridized carbons (Fsp3) is 0.462. The van der Waals surface area contributed by atoms with Crippen LogP contribution in [-0.2, 0) is 0 Å². The van der Waals surface area contributed by atoms with Gasteiger partial charge in [-0.05, 0) is 25.5 Å². The number of hydrogen-bond donors (Lipinski definition) is 0. The Bertz CT molecular complexity index is 544. The highest BCUT2D eigenvalue weighted by atomic mass is 19.4. The van der Waals surface area contributed by atoms with E-state index in [-0.39, 0.29) is 17.8 Å². The smallest absolute Gasteiger partial charge is 0.362 e. The van der Waals surface area contributed by atoms with E-state index in [4.69, 9.17) is 0 Å².